The molecule has 0 aliphatic heterocycles. The van der Waals surface area contributed by atoms with Gasteiger partial charge in [0.25, 0.3) is 0 Å². The van der Waals surface area contributed by atoms with Crippen LogP contribution in [0.3, 0.4) is 0 Å². The first kappa shape index (κ1) is 10.0. The van der Waals surface area contributed by atoms with E-state index in [2.05, 4.69) is 13.8 Å². The molecule has 1 aliphatic carbocycles. The van der Waals surface area contributed by atoms with Crippen LogP contribution in [0.2, 0.25) is 0 Å². The van der Waals surface area contributed by atoms with E-state index in [0.717, 1.165) is 18.8 Å². The average Bonchev–Trinajstić information content (AvgIpc) is 1.97. The van der Waals surface area contributed by atoms with Gasteiger partial charge in [0, 0.05) is 0 Å². The summed E-state index contributed by atoms with van der Waals surface area (Å²) in [6, 6.07) is 0. The van der Waals surface area contributed by atoms with E-state index in [4.69, 9.17) is 0 Å². The minimum absolute atomic E-state index is 0.0229. The molecular formula is C11H22O. The number of hydrogen-bond acceptors (Lipinski definition) is 1. The van der Waals surface area contributed by atoms with Crippen molar-refractivity contribution in [3.63, 3.8) is 0 Å². The lowest BCUT2D eigenvalue weighted by Gasteiger charge is -2.28. The molecule has 1 saturated carbocycles. The van der Waals surface area contributed by atoms with Crippen molar-refractivity contribution in [1.29, 1.82) is 0 Å². The summed E-state index contributed by atoms with van der Waals surface area (Å²) in [6.07, 6.45) is 7.35. The van der Waals surface area contributed by atoms with Gasteiger partial charge in [0.15, 0.2) is 0 Å². The van der Waals surface area contributed by atoms with Gasteiger partial charge in [-0.15, -0.1) is 0 Å². The minimum atomic E-state index is -0.0229. The smallest absolute Gasteiger partial charge is 0.0545 e. The third kappa shape index (κ3) is 3.14. The topological polar surface area (TPSA) is 20.2 Å². The summed E-state index contributed by atoms with van der Waals surface area (Å²) < 4.78 is 0. The van der Waals surface area contributed by atoms with Crippen LogP contribution < -0.4 is 0 Å². The van der Waals surface area contributed by atoms with E-state index in [1.54, 1.807) is 0 Å². The maximum atomic E-state index is 9.69. The van der Waals surface area contributed by atoms with Crippen molar-refractivity contribution >= 4 is 0 Å². The molecule has 1 nitrogen and oxygen atoms in total. The summed E-state index contributed by atoms with van der Waals surface area (Å²) >= 11 is 0. The predicted molar refractivity (Wildman–Crippen MR) is 52.0 cm³/mol. The molecule has 1 N–H and O–H groups in total. The molecule has 72 valence electrons. The van der Waals surface area contributed by atoms with Crippen LogP contribution in [0.25, 0.3) is 0 Å². The zero-order valence-corrected chi connectivity index (χ0v) is 8.42. The van der Waals surface area contributed by atoms with Crippen LogP contribution in [0, 0.1) is 11.8 Å². The Bertz CT molecular complexity index is 111. The van der Waals surface area contributed by atoms with Crippen molar-refractivity contribution in [2.24, 2.45) is 11.8 Å². The Morgan fingerprint density at radius 1 is 1.42 bits per heavy atom. The molecule has 1 heteroatoms. The maximum Gasteiger partial charge on any atom is 0.0545 e. The van der Waals surface area contributed by atoms with Gasteiger partial charge >= 0.3 is 0 Å². The average molecular weight is 170 g/mol. The SMILES string of the molecule is CCC(C)CC(O)CC1CCC1. The second kappa shape index (κ2) is 4.86. The number of hydrogen-bond donors (Lipinski definition) is 1. The standard InChI is InChI=1S/C11H22O/c1-3-9(2)7-11(12)8-10-5-4-6-10/h9-12H,3-8H2,1-2H3. The zero-order chi connectivity index (χ0) is 8.97. The monoisotopic (exact) mass is 170 g/mol. The van der Waals surface area contributed by atoms with Crippen LogP contribution in [0.5, 0.6) is 0 Å². The third-order valence-corrected chi connectivity index (χ3v) is 3.20. The lowest BCUT2D eigenvalue weighted by Crippen LogP contribution is -2.20. The Morgan fingerprint density at radius 3 is 2.50 bits per heavy atom. The molecule has 0 spiro atoms. The fourth-order valence-corrected chi connectivity index (χ4v) is 1.84. The fourth-order valence-electron chi connectivity index (χ4n) is 1.84. The first-order valence-electron chi connectivity index (χ1n) is 5.40. The van der Waals surface area contributed by atoms with Crippen LogP contribution in [0.4, 0.5) is 0 Å². The summed E-state index contributed by atoms with van der Waals surface area (Å²) in [7, 11) is 0. The molecule has 0 radical (unpaired) electrons. The predicted octanol–water partition coefficient (Wildman–Crippen LogP) is 2.97. The molecule has 12 heavy (non-hydrogen) atoms. The van der Waals surface area contributed by atoms with E-state index in [1.807, 2.05) is 0 Å². The molecule has 1 fully saturated rings. The molecule has 0 saturated heterocycles. The van der Waals surface area contributed by atoms with Crippen molar-refractivity contribution in [1.82, 2.24) is 0 Å². The first-order chi connectivity index (χ1) is 5.72. The third-order valence-electron chi connectivity index (χ3n) is 3.20. The highest BCUT2D eigenvalue weighted by atomic mass is 16.3. The van der Waals surface area contributed by atoms with Crippen molar-refractivity contribution in [3.8, 4) is 0 Å². The molecule has 0 amide bonds. The Kier molecular flexibility index (Phi) is 4.07. The summed E-state index contributed by atoms with van der Waals surface area (Å²) in [6.45, 7) is 4.42. The minimum Gasteiger partial charge on any atom is -0.393 e. The molecule has 1 rings (SSSR count). The van der Waals surface area contributed by atoms with Gasteiger partial charge in [-0.3, -0.25) is 0 Å². The van der Waals surface area contributed by atoms with Gasteiger partial charge in [-0.25, -0.2) is 0 Å². The van der Waals surface area contributed by atoms with E-state index in [0.29, 0.717) is 5.92 Å². The summed E-state index contributed by atoms with van der Waals surface area (Å²) in [5.74, 6) is 1.55. The first-order valence-corrected chi connectivity index (χ1v) is 5.40. The molecular weight excluding hydrogens is 148 g/mol. The fraction of sp³-hybridized carbons (Fsp3) is 1.00. The number of rotatable bonds is 5. The van der Waals surface area contributed by atoms with Crippen molar-refractivity contribution in [3.05, 3.63) is 0 Å². The molecule has 1 aliphatic rings. The van der Waals surface area contributed by atoms with Gasteiger partial charge in [0.05, 0.1) is 6.10 Å². The largest absolute Gasteiger partial charge is 0.393 e. The van der Waals surface area contributed by atoms with Crippen LogP contribution >= 0.6 is 0 Å². The lowest BCUT2D eigenvalue weighted by atomic mass is 9.80. The molecule has 0 aromatic heterocycles. The number of aliphatic hydroxyl groups excluding tert-OH is 1. The van der Waals surface area contributed by atoms with Crippen LogP contribution in [-0.4, -0.2) is 11.2 Å². The van der Waals surface area contributed by atoms with Crippen molar-refractivity contribution in [2.75, 3.05) is 0 Å². The second-order valence-corrected chi connectivity index (χ2v) is 4.44. The van der Waals surface area contributed by atoms with E-state index in [1.165, 1.54) is 25.7 Å². The number of aliphatic hydroxyl groups is 1. The quantitative estimate of drug-likeness (QED) is 0.672. The van der Waals surface area contributed by atoms with Gasteiger partial charge in [0.2, 0.25) is 0 Å². The van der Waals surface area contributed by atoms with Gasteiger partial charge in [-0.05, 0) is 24.7 Å². The molecule has 0 aromatic carbocycles. The van der Waals surface area contributed by atoms with Gasteiger partial charge in [-0.1, -0.05) is 39.5 Å². The Labute approximate surface area is 76.2 Å². The van der Waals surface area contributed by atoms with Crippen molar-refractivity contribution in [2.45, 2.75) is 58.5 Å². The highest BCUT2D eigenvalue weighted by Crippen LogP contribution is 2.31. The van der Waals surface area contributed by atoms with E-state index in [-0.39, 0.29) is 6.10 Å². The highest BCUT2D eigenvalue weighted by molar-refractivity contribution is 4.73. The zero-order valence-electron chi connectivity index (χ0n) is 8.42. The summed E-state index contributed by atoms with van der Waals surface area (Å²) in [5, 5.41) is 9.69. The Hall–Kier alpha value is -0.0400. The molecule has 2 atom stereocenters. The van der Waals surface area contributed by atoms with Crippen LogP contribution in [0.1, 0.15) is 52.4 Å². The van der Waals surface area contributed by atoms with Gasteiger partial charge in [0.1, 0.15) is 0 Å². The maximum absolute atomic E-state index is 9.69. The Balaban J connectivity index is 2.05. The summed E-state index contributed by atoms with van der Waals surface area (Å²) in [5.41, 5.74) is 0. The van der Waals surface area contributed by atoms with Gasteiger partial charge in [-0.2, -0.15) is 0 Å². The molecule has 0 aromatic rings. The van der Waals surface area contributed by atoms with Crippen LogP contribution in [0.15, 0.2) is 0 Å². The Morgan fingerprint density at radius 2 is 2.08 bits per heavy atom. The van der Waals surface area contributed by atoms with Crippen molar-refractivity contribution < 1.29 is 5.11 Å². The molecule has 0 heterocycles. The molecule has 0 bridgehead atoms. The van der Waals surface area contributed by atoms with E-state index < -0.39 is 0 Å². The highest BCUT2D eigenvalue weighted by Gasteiger charge is 2.21. The van der Waals surface area contributed by atoms with Gasteiger partial charge < -0.3 is 5.11 Å². The second-order valence-electron chi connectivity index (χ2n) is 4.44. The van der Waals surface area contributed by atoms with E-state index >= 15 is 0 Å². The van der Waals surface area contributed by atoms with E-state index in [9.17, 15) is 5.11 Å². The summed E-state index contributed by atoms with van der Waals surface area (Å²) in [4.78, 5) is 0. The normalized spacial score (nSPS) is 23.2. The molecule has 2 unspecified atom stereocenters. The lowest BCUT2D eigenvalue weighted by molar-refractivity contribution is 0.0958. The van der Waals surface area contributed by atoms with Crippen LogP contribution in [-0.2, 0) is 0 Å².